The van der Waals surface area contributed by atoms with Crippen molar-refractivity contribution in [3.63, 3.8) is 0 Å². The van der Waals surface area contributed by atoms with Crippen molar-refractivity contribution in [3.8, 4) is 0 Å². The van der Waals surface area contributed by atoms with Crippen molar-refractivity contribution in [1.29, 1.82) is 0 Å². The van der Waals surface area contributed by atoms with Crippen molar-refractivity contribution in [2.45, 2.75) is 26.8 Å². The predicted molar refractivity (Wildman–Crippen MR) is 120 cm³/mol. The maximum atomic E-state index is 13.5. The average Bonchev–Trinajstić information content (AvgIpc) is 2.93. The molecule has 2 aromatic carbocycles. The molecule has 2 aliphatic heterocycles. The third-order valence-corrected chi connectivity index (χ3v) is 6.26. The van der Waals surface area contributed by atoms with E-state index in [-0.39, 0.29) is 18.4 Å². The molecule has 0 saturated carbocycles. The van der Waals surface area contributed by atoms with Crippen molar-refractivity contribution >= 4 is 40.6 Å². The third-order valence-electron chi connectivity index (χ3n) is 5.71. The number of carbonyl (C=O) groups is 2. The van der Waals surface area contributed by atoms with Gasteiger partial charge in [0.15, 0.2) is 0 Å². The third kappa shape index (κ3) is 3.99. The molecule has 0 spiro atoms. The van der Waals surface area contributed by atoms with E-state index in [2.05, 4.69) is 18.7 Å². The number of halogens is 2. The molecule has 2 amide bonds. The Bertz CT molecular complexity index is 1010. The number of likely N-dealkylation sites (tertiary alicyclic amines) is 1. The van der Waals surface area contributed by atoms with Gasteiger partial charge in [-0.05, 0) is 36.0 Å². The van der Waals surface area contributed by atoms with Crippen LogP contribution in [-0.2, 0) is 16.1 Å². The Labute approximate surface area is 187 Å². The number of amides is 2. The molecule has 2 aromatic rings. The Hall–Kier alpha value is -2.30. The van der Waals surface area contributed by atoms with Crippen LogP contribution in [0.5, 0.6) is 0 Å². The number of nitrogens with zero attached hydrogens (tertiary/aromatic N) is 2. The Morgan fingerprint density at radius 3 is 2.23 bits per heavy atom. The molecule has 1 saturated heterocycles. The van der Waals surface area contributed by atoms with Crippen molar-refractivity contribution in [2.24, 2.45) is 11.8 Å². The van der Waals surface area contributed by atoms with Crippen molar-refractivity contribution < 1.29 is 9.59 Å². The SMILES string of the molecule is CC1CC(C)CN(C2=C(c3ccc(Cl)cc3Cl)C(=O)N(Cc3ccccc3)C2=O)C1. The normalized spacial score (nSPS) is 22.3. The maximum Gasteiger partial charge on any atom is 0.278 e. The van der Waals surface area contributed by atoms with Crippen LogP contribution in [0.3, 0.4) is 0 Å². The largest absolute Gasteiger partial charge is 0.366 e. The zero-order valence-corrected chi connectivity index (χ0v) is 18.6. The van der Waals surface area contributed by atoms with Gasteiger partial charge in [0.2, 0.25) is 0 Å². The standard InChI is InChI=1S/C24H24Cl2N2O2/c1-15-10-16(2)13-27(12-15)22-21(19-9-8-18(25)11-20(19)26)23(29)28(24(22)30)14-17-6-4-3-5-7-17/h3-9,11,15-16H,10,12-14H2,1-2H3. The van der Waals surface area contributed by atoms with Crippen LogP contribution < -0.4 is 0 Å². The first kappa shape index (κ1) is 21.0. The maximum absolute atomic E-state index is 13.5. The van der Waals surface area contributed by atoms with Gasteiger partial charge in [0.05, 0.1) is 17.1 Å². The van der Waals surface area contributed by atoms with Crippen LogP contribution in [0, 0.1) is 11.8 Å². The second-order valence-corrected chi connectivity index (χ2v) is 9.22. The van der Waals surface area contributed by atoms with Gasteiger partial charge in [-0.15, -0.1) is 0 Å². The minimum Gasteiger partial charge on any atom is -0.366 e. The predicted octanol–water partition coefficient (Wildman–Crippen LogP) is 5.25. The van der Waals surface area contributed by atoms with E-state index < -0.39 is 0 Å². The van der Waals surface area contributed by atoms with Crippen molar-refractivity contribution in [3.05, 3.63) is 75.4 Å². The van der Waals surface area contributed by atoms with E-state index in [0.29, 0.717) is 38.7 Å². The second kappa shape index (κ2) is 8.44. The molecule has 0 aliphatic carbocycles. The van der Waals surface area contributed by atoms with E-state index in [0.717, 1.165) is 25.1 Å². The summed E-state index contributed by atoms with van der Waals surface area (Å²) in [5.74, 6) is 0.309. The first-order valence-corrected chi connectivity index (χ1v) is 11.0. The summed E-state index contributed by atoms with van der Waals surface area (Å²) in [5.41, 5.74) is 2.29. The molecule has 2 heterocycles. The molecule has 1 fully saturated rings. The van der Waals surface area contributed by atoms with Gasteiger partial charge < -0.3 is 4.90 Å². The zero-order valence-electron chi connectivity index (χ0n) is 17.1. The minimum atomic E-state index is -0.311. The molecule has 6 heteroatoms. The van der Waals surface area contributed by atoms with E-state index in [1.165, 1.54) is 4.90 Å². The molecule has 0 aromatic heterocycles. The summed E-state index contributed by atoms with van der Waals surface area (Å²) in [5, 5.41) is 0.861. The Balaban J connectivity index is 1.79. The molecule has 2 unspecified atom stereocenters. The first-order chi connectivity index (χ1) is 14.3. The molecular weight excluding hydrogens is 419 g/mol. The van der Waals surface area contributed by atoms with E-state index in [1.54, 1.807) is 18.2 Å². The number of hydrogen-bond acceptors (Lipinski definition) is 3. The van der Waals surface area contributed by atoms with Gasteiger partial charge in [-0.2, -0.15) is 0 Å². The molecule has 0 bridgehead atoms. The quantitative estimate of drug-likeness (QED) is 0.606. The van der Waals surface area contributed by atoms with E-state index in [4.69, 9.17) is 23.2 Å². The minimum absolute atomic E-state index is 0.232. The second-order valence-electron chi connectivity index (χ2n) is 8.38. The summed E-state index contributed by atoms with van der Waals surface area (Å²) in [6.07, 6.45) is 1.11. The number of rotatable bonds is 4. The fourth-order valence-electron chi connectivity index (χ4n) is 4.55. The van der Waals surface area contributed by atoms with Crippen LogP contribution in [0.1, 0.15) is 31.4 Å². The van der Waals surface area contributed by atoms with E-state index in [1.807, 2.05) is 30.3 Å². The number of piperidine rings is 1. The van der Waals surface area contributed by atoms with Crippen LogP contribution in [0.2, 0.25) is 10.0 Å². The van der Waals surface area contributed by atoms with Crippen molar-refractivity contribution in [1.82, 2.24) is 9.80 Å². The van der Waals surface area contributed by atoms with Crippen LogP contribution >= 0.6 is 23.2 Å². The number of benzene rings is 2. The van der Waals surface area contributed by atoms with Crippen LogP contribution in [0.4, 0.5) is 0 Å². The lowest BCUT2D eigenvalue weighted by Crippen LogP contribution is -2.41. The Morgan fingerprint density at radius 2 is 1.60 bits per heavy atom. The lowest BCUT2D eigenvalue weighted by Gasteiger charge is -2.37. The van der Waals surface area contributed by atoms with Crippen LogP contribution in [-0.4, -0.2) is 34.7 Å². The summed E-state index contributed by atoms with van der Waals surface area (Å²) in [7, 11) is 0. The highest BCUT2D eigenvalue weighted by Gasteiger charge is 2.43. The van der Waals surface area contributed by atoms with E-state index in [9.17, 15) is 9.59 Å². The number of imide groups is 1. The van der Waals surface area contributed by atoms with Crippen LogP contribution in [0.15, 0.2) is 54.2 Å². The highest BCUT2D eigenvalue weighted by Crippen LogP contribution is 2.38. The summed E-state index contributed by atoms with van der Waals surface area (Å²) in [6.45, 7) is 6.08. The van der Waals surface area contributed by atoms with Gasteiger partial charge >= 0.3 is 0 Å². The van der Waals surface area contributed by atoms with E-state index >= 15 is 0 Å². The summed E-state index contributed by atoms with van der Waals surface area (Å²) < 4.78 is 0. The zero-order chi connectivity index (χ0) is 21.4. The molecule has 2 atom stereocenters. The van der Waals surface area contributed by atoms with Gasteiger partial charge in [-0.3, -0.25) is 14.5 Å². The lowest BCUT2D eigenvalue weighted by atomic mass is 9.91. The highest BCUT2D eigenvalue weighted by molar-refractivity contribution is 6.41. The van der Waals surface area contributed by atoms with Gasteiger partial charge in [0.1, 0.15) is 5.70 Å². The number of carbonyl (C=O) groups excluding carboxylic acids is 2. The summed E-state index contributed by atoms with van der Waals surface area (Å²) in [4.78, 5) is 30.4. The molecule has 0 N–H and O–H groups in total. The van der Waals surface area contributed by atoms with Gasteiger partial charge in [0.25, 0.3) is 11.8 Å². The smallest absolute Gasteiger partial charge is 0.278 e. The summed E-state index contributed by atoms with van der Waals surface area (Å²) >= 11 is 12.5. The highest BCUT2D eigenvalue weighted by atomic mass is 35.5. The molecule has 4 nitrogen and oxygen atoms in total. The molecule has 0 radical (unpaired) electrons. The molecule has 156 valence electrons. The Kier molecular flexibility index (Phi) is 5.90. The van der Waals surface area contributed by atoms with Crippen molar-refractivity contribution in [2.75, 3.05) is 13.1 Å². The summed E-state index contributed by atoms with van der Waals surface area (Å²) in [6, 6.07) is 14.6. The lowest BCUT2D eigenvalue weighted by molar-refractivity contribution is -0.138. The van der Waals surface area contributed by atoms with Gasteiger partial charge in [-0.1, -0.05) is 73.4 Å². The monoisotopic (exact) mass is 442 g/mol. The molecule has 2 aliphatic rings. The topological polar surface area (TPSA) is 40.6 Å². The van der Waals surface area contributed by atoms with Gasteiger partial charge in [0, 0.05) is 23.7 Å². The van der Waals surface area contributed by atoms with Gasteiger partial charge in [-0.25, -0.2) is 0 Å². The fraction of sp³-hybridized carbons (Fsp3) is 0.333. The Morgan fingerprint density at radius 1 is 0.933 bits per heavy atom. The number of hydrogen-bond donors (Lipinski definition) is 0. The first-order valence-electron chi connectivity index (χ1n) is 10.2. The molecular formula is C24H24Cl2N2O2. The molecule has 30 heavy (non-hydrogen) atoms. The average molecular weight is 443 g/mol. The fourth-order valence-corrected chi connectivity index (χ4v) is 5.05. The molecule has 4 rings (SSSR count). The van der Waals surface area contributed by atoms with Crippen LogP contribution in [0.25, 0.3) is 5.57 Å².